The molecule has 0 spiro atoms. The minimum atomic E-state index is -2.14. The molecule has 4 nitrogen and oxygen atoms in total. The molecule has 1 aliphatic rings. The maximum Gasteiger partial charge on any atom is 0.302 e. The summed E-state index contributed by atoms with van der Waals surface area (Å²) in [6.45, 7) is 2.51. The number of likely N-dealkylation sites (tertiary alicyclic amines) is 1. The molecule has 16 heavy (non-hydrogen) atoms. The molecule has 1 N–H and O–H groups in total. The van der Waals surface area contributed by atoms with Crippen molar-refractivity contribution >= 4 is 11.4 Å². The normalized spacial score (nSPS) is 23.4. The third kappa shape index (κ3) is 3.38. The Morgan fingerprint density at radius 1 is 1.44 bits per heavy atom. The van der Waals surface area contributed by atoms with Gasteiger partial charge in [0.1, 0.15) is 0 Å². The summed E-state index contributed by atoms with van der Waals surface area (Å²) in [5, 5.41) is 0. The third-order valence-electron chi connectivity index (χ3n) is 2.70. The van der Waals surface area contributed by atoms with E-state index in [1.807, 2.05) is 18.2 Å². The average molecular weight is 241 g/mol. The van der Waals surface area contributed by atoms with Crippen molar-refractivity contribution in [2.75, 3.05) is 13.1 Å². The number of benzene rings is 1. The molecule has 1 aromatic rings. The molecule has 0 amide bonds. The van der Waals surface area contributed by atoms with Crippen molar-refractivity contribution in [3.8, 4) is 0 Å². The summed E-state index contributed by atoms with van der Waals surface area (Å²) in [6, 6.07) is 10.2. The fourth-order valence-corrected chi connectivity index (χ4v) is 2.37. The van der Waals surface area contributed by atoms with Crippen LogP contribution in [0.1, 0.15) is 12.0 Å². The highest BCUT2D eigenvalue weighted by Gasteiger charge is 2.24. The fourth-order valence-electron chi connectivity index (χ4n) is 1.98. The van der Waals surface area contributed by atoms with Crippen LogP contribution in [0.3, 0.4) is 0 Å². The number of hydrogen-bond donors (Lipinski definition) is 1. The van der Waals surface area contributed by atoms with Gasteiger partial charge in [-0.15, -0.1) is 0 Å². The van der Waals surface area contributed by atoms with Gasteiger partial charge in [0.15, 0.2) is 0 Å². The highest BCUT2D eigenvalue weighted by molar-refractivity contribution is 7.74. The van der Waals surface area contributed by atoms with Crippen LogP contribution in [0.25, 0.3) is 0 Å². The minimum Gasteiger partial charge on any atom is -0.296 e. The SMILES string of the molecule is O=S(O)OC1CCN(Cc2ccccc2)C1. The van der Waals surface area contributed by atoms with Gasteiger partial charge in [0.2, 0.25) is 0 Å². The lowest BCUT2D eigenvalue weighted by molar-refractivity contribution is 0.200. The minimum absolute atomic E-state index is 0.116. The predicted molar refractivity (Wildman–Crippen MR) is 62.0 cm³/mol. The summed E-state index contributed by atoms with van der Waals surface area (Å²) in [7, 11) is 0. The van der Waals surface area contributed by atoms with Crippen molar-refractivity contribution in [2.45, 2.75) is 19.1 Å². The molecule has 0 radical (unpaired) electrons. The molecule has 1 fully saturated rings. The fraction of sp³-hybridized carbons (Fsp3) is 0.455. The molecule has 1 saturated heterocycles. The lowest BCUT2D eigenvalue weighted by Gasteiger charge is -2.15. The van der Waals surface area contributed by atoms with E-state index in [0.29, 0.717) is 0 Å². The summed E-state index contributed by atoms with van der Waals surface area (Å²) < 4.78 is 24.0. The van der Waals surface area contributed by atoms with E-state index < -0.39 is 11.4 Å². The van der Waals surface area contributed by atoms with Crippen molar-refractivity contribution in [3.63, 3.8) is 0 Å². The molecule has 0 aliphatic carbocycles. The van der Waals surface area contributed by atoms with Gasteiger partial charge in [-0.3, -0.25) is 13.6 Å². The highest BCUT2D eigenvalue weighted by Crippen LogP contribution is 2.16. The standard InChI is InChI=1S/C11H15NO3S/c13-16(14)15-11-6-7-12(9-11)8-10-4-2-1-3-5-10/h1-5,11H,6-9H2,(H,13,14). The topological polar surface area (TPSA) is 49.8 Å². The maximum atomic E-state index is 10.5. The second kappa shape index (κ2) is 5.54. The lowest BCUT2D eigenvalue weighted by atomic mass is 10.2. The van der Waals surface area contributed by atoms with Crippen LogP contribution in [-0.2, 0) is 22.1 Å². The quantitative estimate of drug-likeness (QED) is 0.810. The second-order valence-electron chi connectivity index (χ2n) is 3.94. The Bertz CT molecular complexity index is 358. The molecule has 88 valence electrons. The summed E-state index contributed by atoms with van der Waals surface area (Å²) in [5.41, 5.74) is 1.26. The Labute approximate surface area is 97.7 Å². The van der Waals surface area contributed by atoms with Gasteiger partial charge in [-0.2, -0.15) is 4.21 Å². The van der Waals surface area contributed by atoms with Gasteiger partial charge in [-0.25, -0.2) is 0 Å². The van der Waals surface area contributed by atoms with Crippen LogP contribution in [-0.4, -0.2) is 32.9 Å². The van der Waals surface area contributed by atoms with E-state index in [0.717, 1.165) is 26.1 Å². The first-order chi connectivity index (χ1) is 7.74. The highest BCUT2D eigenvalue weighted by atomic mass is 32.2. The van der Waals surface area contributed by atoms with Gasteiger partial charge >= 0.3 is 11.4 Å². The zero-order chi connectivity index (χ0) is 11.4. The molecule has 0 aromatic heterocycles. The van der Waals surface area contributed by atoms with Crippen LogP contribution < -0.4 is 0 Å². The van der Waals surface area contributed by atoms with Crippen molar-refractivity contribution in [3.05, 3.63) is 35.9 Å². The lowest BCUT2D eigenvalue weighted by Crippen LogP contribution is -2.23. The molecule has 0 saturated carbocycles. The van der Waals surface area contributed by atoms with E-state index in [2.05, 4.69) is 17.0 Å². The van der Waals surface area contributed by atoms with Gasteiger partial charge in [0.25, 0.3) is 0 Å². The van der Waals surface area contributed by atoms with Gasteiger partial charge in [0, 0.05) is 19.6 Å². The van der Waals surface area contributed by atoms with Crippen LogP contribution in [0.15, 0.2) is 30.3 Å². The van der Waals surface area contributed by atoms with Crippen LogP contribution in [0.5, 0.6) is 0 Å². The number of nitrogens with zero attached hydrogens (tertiary/aromatic N) is 1. The molecule has 2 atom stereocenters. The van der Waals surface area contributed by atoms with Crippen LogP contribution in [0, 0.1) is 0 Å². The predicted octanol–water partition coefficient (Wildman–Crippen LogP) is 1.41. The monoisotopic (exact) mass is 241 g/mol. The molecule has 1 heterocycles. The Morgan fingerprint density at radius 2 is 2.19 bits per heavy atom. The van der Waals surface area contributed by atoms with Crippen molar-refractivity contribution in [2.24, 2.45) is 0 Å². The first-order valence-electron chi connectivity index (χ1n) is 5.28. The van der Waals surface area contributed by atoms with E-state index >= 15 is 0 Å². The molecule has 5 heteroatoms. The van der Waals surface area contributed by atoms with Crippen LogP contribution in [0.4, 0.5) is 0 Å². The van der Waals surface area contributed by atoms with Crippen molar-refractivity contribution < 1.29 is 12.9 Å². The number of hydrogen-bond acceptors (Lipinski definition) is 3. The van der Waals surface area contributed by atoms with Crippen LogP contribution in [0.2, 0.25) is 0 Å². The Kier molecular flexibility index (Phi) is 4.06. The largest absolute Gasteiger partial charge is 0.302 e. The Balaban J connectivity index is 1.83. The van der Waals surface area contributed by atoms with E-state index in [4.69, 9.17) is 8.74 Å². The molecule has 1 aromatic carbocycles. The van der Waals surface area contributed by atoms with Crippen LogP contribution >= 0.6 is 0 Å². The molecular formula is C11H15NO3S. The van der Waals surface area contributed by atoms with Gasteiger partial charge < -0.3 is 0 Å². The van der Waals surface area contributed by atoms with E-state index in [1.165, 1.54) is 5.56 Å². The maximum absolute atomic E-state index is 10.5. The van der Waals surface area contributed by atoms with Crippen molar-refractivity contribution in [1.82, 2.24) is 4.90 Å². The van der Waals surface area contributed by atoms with Gasteiger partial charge in [-0.05, 0) is 12.0 Å². The summed E-state index contributed by atoms with van der Waals surface area (Å²) in [5.74, 6) is 0. The summed E-state index contributed by atoms with van der Waals surface area (Å²) in [4.78, 5) is 2.23. The van der Waals surface area contributed by atoms with E-state index in [1.54, 1.807) is 0 Å². The summed E-state index contributed by atoms with van der Waals surface area (Å²) in [6.07, 6.45) is 0.702. The Hall–Kier alpha value is -0.750. The van der Waals surface area contributed by atoms with Gasteiger partial charge in [0.05, 0.1) is 6.10 Å². The smallest absolute Gasteiger partial charge is 0.296 e. The van der Waals surface area contributed by atoms with Gasteiger partial charge in [-0.1, -0.05) is 30.3 Å². The molecule has 0 bridgehead atoms. The van der Waals surface area contributed by atoms with Crippen molar-refractivity contribution in [1.29, 1.82) is 0 Å². The molecule has 1 aliphatic heterocycles. The first-order valence-corrected chi connectivity index (χ1v) is 6.31. The van der Waals surface area contributed by atoms with E-state index in [9.17, 15) is 4.21 Å². The number of rotatable bonds is 4. The average Bonchev–Trinajstić information content (AvgIpc) is 2.66. The second-order valence-corrected chi connectivity index (χ2v) is 4.57. The molecular weight excluding hydrogens is 226 g/mol. The molecule has 2 unspecified atom stereocenters. The zero-order valence-corrected chi connectivity index (χ0v) is 9.73. The Morgan fingerprint density at radius 3 is 2.88 bits per heavy atom. The third-order valence-corrected chi connectivity index (χ3v) is 3.13. The zero-order valence-electron chi connectivity index (χ0n) is 8.91. The van der Waals surface area contributed by atoms with E-state index in [-0.39, 0.29) is 6.10 Å². The first kappa shape index (κ1) is 11.7. The molecule has 2 rings (SSSR count). The summed E-state index contributed by atoms with van der Waals surface area (Å²) >= 11 is -2.14.